The SMILES string of the molecule is CN=C(NCCC1CCCN(C(=O)OC(C)(C)C)C1)NCC(OC)C(C)(C)C. The van der Waals surface area contributed by atoms with Crippen molar-refractivity contribution in [2.24, 2.45) is 16.3 Å². The van der Waals surface area contributed by atoms with E-state index >= 15 is 0 Å². The summed E-state index contributed by atoms with van der Waals surface area (Å²) >= 11 is 0. The second kappa shape index (κ2) is 10.9. The summed E-state index contributed by atoms with van der Waals surface area (Å²) in [5, 5.41) is 6.73. The predicted octanol–water partition coefficient (Wildman–Crippen LogP) is 3.25. The van der Waals surface area contributed by atoms with Crippen LogP contribution in [0.1, 0.15) is 60.8 Å². The summed E-state index contributed by atoms with van der Waals surface area (Å²) in [6.45, 7) is 15.3. The first kappa shape index (κ1) is 24.5. The van der Waals surface area contributed by atoms with E-state index in [-0.39, 0.29) is 17.6 Å². The van der Waals surface area contributed by atoms with Crippen LogP contribution in [0, 0.1) is 11.3 Å². The summed E-state index contributed by atoms with van der Waals surface area (Å²) < 4.78 is 11.1. The van der Waals surface area contributed by atoms with Crippen LogP contribution >= 0.6 is 0 Å². The number of amides is 1. The normalized spacial score (nSPS) is 19.9. The van der Waals surface area contributed by atoms with Gasteiger partial charge in [0.1, 0.15) is 5.60 Å². The third-order valence-corrected chi connectivity index (χ3v) is 4.94. The minimum Gasteiger partial charge on any atom is -0.444 e. The van der Waals surface area contributed by atoms with Crippen LogP contribution in [0.15, 0.2) is 4.99 Å². The van der Waals surface area contributed by atoms with Gasteiger partial charge < -0.3 is 25.0 Å². The van der Waals surface area contributed by atoms with E-state index in [9.17, 15) is 4.79 Å². The van der Waals surface area contributed by atoms with Gasteiger partial charge in [0.05, 0.1) is 6.10 Å². The smallest absolute Gasteiger partial charge is 0.410 e. The monoisotopic (exact) mass is 398 g/mol. The molecular weight excluding hydrogens is 356 g/mol. The van der Waals surface area contributed by atoms with Gasteiger partial charge in [-0.2, -0.15) is 0 Å². The summed E-state index contributed by atoms with van der Waals surface area (Å²) in [6.07, 6.45) is 3.07. The number of carbonyl (C=O) groups is 1. The van der Waals surface area contributed by atoms with Gasteiger partial charge in [-0.25, -0.2) is 4.79 Å². The molecule has 1 aliphatic rings. The van der Waals surface area contributed by atoms with E-state index < -0.39 is 5.60 Å². The molecular formula is C21H42N4O3. The Hall–Kier alpha value is -1.50. The number of nitrogens with one attached hydrogen (secondary N) is 2. The Bertz CT molecular complexity index is 509. The predicted molar refractivity (Wildman–Crippen MR) is 115 cm³/mol. The van der Waals surface area contributed by atoms with Crippen LogP contribution in [0.2, 0.25) is 0 Å². The molecule has 0 radical (unpaired) electrons. The zero-order valence-corrected chi connectivity index (χ0v) is 19.2. The van der Waals surface area contributed by atoms with Gasteiger partial charge >= 0.3 is 6.09 Å². The Morgan fingerprint density at radius 3 is 2.43 bits per heavy atom. The number of ether oxygens (including phenoxy) is 2. The number of nitrogens with zero attached hydrogens (tertiary/aromatic N) is 2. The average Bonchev–Trinajstić information content (AvgIpc) is 2.58. The molecule has 1 heterocycles. The number of hydrogen-bond donors (Lipinski definition) is 2. The van der Waals surface area contributed by atoms with Gasteiger partial charge in [0.15, 0.2) is 5.96 Å². The molecule has 7 heteroatoms. The fourth-order valence-electron chi connectivity index (χ4n) is 3.34. The lowest BCUT2D eigenvalue weighted by Crippen LogP contribution is -2.46. The summed E-state index contributed by atoms with van der Waals surface area (Å²) in [7, 11) is 3.52. The fraction of sp³-hybridized carbons (Fsp3) is 0.905. The molecule has 0 spiro atoms. The first-order chi connectivity index (χ1) is 13.0. The minimum atomic E-state index is -0.448. The number of rotatable bonds is 6. The molecule has 0 bridgehead atoms. The molecule has 7 nitrogen and oxygen atoms in total. The van der Waals surface area contributed by atoms with Crippen molar-refractivity contribution in [2.45, 2.75) is 72.5 Å². The number of guanidine groups is 1. The molecule has 1 amide bonds. The highest BCUT2D eigenvalue weighted by Crippen LogP contribution is 2.22. The number of aliphatic imine (C=N–C) groups is 1. The standard InChI is InChI=1S/C21H42N4O3/c1-20(2,3)17(27-8)14-24-18(22-7)23-12-11-16-10-9-13-25(15-16)19(26)28-21(4,5)6/h16-17H,9-15H2,1-8H3,(H2,22,23,24). The number of hydrogen-bond acceptors (Lipinski definition) is 4. The number of piperidine rings is 1. The van der Waals surface area contributed by atoms with Gasteiger partial charge in [0.25, 0.3) is 0 Å². The molecule has 2 unspecified atom stereocenters. The van der Waals surface area contributed by atoms with Crippen LogP contribution in [-0.2, 0) is 9.47 Å². The molecule has 1 saturated heterocycles. The third kappa shape index (κ3) is 9.13. The molecule has 164 valence electrons. The number of methoxy groups -OCH3 is 1. The topological polar surface area (TPSA) is 75.2 Å². The molecule has 2 atom stereocenters. The van der Waals surface area contributed by atoms with Crippen molar-refractivity contribution in [3.05, 3.63) is 0 Å². The minimum absolute atomic E-state index is 0.0633. The maximum absolute atomic E-state index is 12.3. The van der Waals surface area contributed by atoms with E-state index in [0.717, 1.165) is 44.9 Å². The maximum Gasteiger partial charge on any atom is 0.410 e. The van der Waals surface area contributed by atoms with Crippen molar-refractivity contribution < 1.29 is 14.3 Å². The van der Waals surface area contributed by atoms with E-state index in [1.165, 1.54) is 0 Å². The second-order valence-corrected chi connectivity index (χ2v) is 9.69. The molecule has 0 aromatic carbocycles. The van der Waals surface area contributed by atoms with Crippen LogP contribution in [0.4, 0.5) is 4.79 Å². The van der Waals surface area contributed by atoms with Gasteiger partial charge in [-0.3, -0.25) is 4.99 Å². The Morgan fingerprint density at radius 2 is 1.89 bits per heavy atom. The van der Waals surface area contributed by atoms with E-state index in [2.05, 4.69) is 36.4 Å². The summed E-state index contributed by atoms with van der Waals surface area (Å²) in [5.74, 6) is 1.26. The molecule has 0 aliphatic carbocycles. The van der Waals surface area contributed by atoms with Gasteiger partial charge in [-0.05, 0) is 51.4 Å². The zero-order chi connectivity index (χ0) is 21.4. The number of carbonyl (C=O) groups excluding carboxylic acids is 1. The van der Waals surface area contributed by atoms with E-state index in [1.807, 2.05) is 25.7 Å². The Labute approximate surface area is 171 Å². The van der Waals surface area contributed by atoms with Gasteiger partial charge in [0, 0.05) is 40.3 Å². The Morgan fingerprint density at radius 1 is 1.21 bits per heavy atom. The number of likely N-dealkylation sites (tertiary alicyclic amines) is 1. The van der Waals surface area contributed by atoms with Crippen LogP contribution in [-0.4, -0.2) is 69.0 Å². The van der Waals surface area contributed by atoms with Crippen molar-refractivity contribution in [2.75, 3.05) is 40.3 Å². The van der Waals surface area contributed by atoms with Crippen LogP contribution in [0.3, 0.4) is 0 Å². The van der Waals surface area contributed by atoms with E-state index in [0.29, 0.717) is 12.5 Å². The lowest BCUT2D eigenvalue weighted by molar-refractivity contribution is 0.0162. The van der Waals surface area contributed by atoms with E-state index in [1.54, 1.807) is 14.2 Å². The largest absolute Gasteiger partial charge is 0.444 e. The lowest BCUT2D eigenvalue weighted by Gasteiger charge is -2.34. The molecule has 1 fully saturated rings. The first-order valence-corrected chi connectivity index (χ1v) is 10.4. The second-order valence-electron chi connectivity index (χ2n) is 9.69. The third-order valence-electron chi connectivity index (χ3n) is 4.94. The van der Waals surface area contributed by atoms with Crippen molar-refractivity contribution >= 4 is 12.1 Å². The van der Waals surface area contributed by atoms with Crippen LogP contribution in [0.25, 0.3) is 0 Å². The molecule has 0 aromatic heterocycles. The molecule has 0 aromatic rings. The molecule has 1 rings (SSSR count). The zero-order valence-electron chi connectivity index (χ0n) is 19.2. The molecule has 1 aliphatic heterocycles. The molecule has 2 N–H and O–H groups in total. The molecule has 0 saturated carbocycles. The van der Waals surface area contributed by atoms with Crippen LogP contribution in [0.5, 0.6) is 0 Å². The van der Waals surface area contributed by atoms with Crippen molar-refractivity contribution in [1.29, 1.82) is 0 Å². The highest BCUT2D eigenvalue weighted by atomic mass is 16.6. The van der Waals surface area contributed by atoms with Gasteiger partial charge in [-0.1, -0.05) is 20.8 Å². The maximum atomic E-state index is 12.3. The Balaban J connectivity index is 2.39. The van der Waals surface area contributed by atoms with Crippen LogP contribution < -0.4 is 10.6 Å². The first-order valence-electron chi connectivity index (χ1n) is 10.4. The van der Waals surface area contributed by atoms with E-state index in [4.69, 9.17) is 9.47 Å². The summed E-state index contributed by atoms with van der Waals surface area (Å²) in [6, 6.07) is 0. The summed E-state index contributed by atoms with van der Waals surface area (Å²) in [5.41, 5.74) is -0.384. The highest BCUT2D eigenvalue weighted by molar-refractivity contribution is 5.79. The lowest BCUT2D eigenvalue weighted by atomic mass is 9.89. The Kier molecular flexibility index (Phi) is 9.54. The van der Waals surface area contributed by atoms with Crippen molar-refractivity contribution in [1.82, 2.24) is 15.5 Å². The fourth-order valence-corrected chi connectivity index (χ4v) is 3.34. The average molecular weight is 399 g/mol. The molecule has 28 heavy (non-hydrogen) atoms. The quantitative estimate of drug-likeness (QED) is 0.531. The highest BCUT2D eigenvalue weighted by Gasteiger charge is 2.27. The van der Waals surface area contributed by atoms with Gasteiger partial charge in [-0.15, -0.1) is 0 Å². The van der Waals surface area contributed by atoms with Gasteiger partial charge in [0.2, 0.25) is 0 Å². The summed E-state index contributed by atoms with van der Waals surface area (Å²) in [4.78, 5) is 18.4. The van der Waals surface area contributed by atoms with Crippen molar-refractivity contribution in [3.63, 3.8) is 0 Å². The van der Waals surface area contributed by atoms with Crippen molar-refractivity contribution in [3.8, 4) is 0 Å².